The van der Waals surface area contributed by atoms with Crippen LogP contribution in [0.15, 0.2) is 36.5 Å². The molecule has 0 N–H and O–H groups in total. The third-order valence-electron chi connectivity index (χ3n) is 5.01. The van der Waals surface area contributed by atoms with Crippen molar-refractivity contribution in [2.45, 2.75) is 6.92 Å². The van der Waals surface area contributed by atoms with E-state index in [1.807, 2.05) is 36.1 Å². The van der Waals surface area contributed by atoms with Gasteiger partial charge in [0.25, 0.3) is 5.91 Å². The maximum absolute atomic E-state index is 13.2. The van der Waals surface area contributed by atoms with Crippen LogP contribution < -0.4 is 9.64 Å². The fraction of sp³-hybridized carbons (Fsp3) is 0.300. The quantitative estimate of drug-likeness (QED) is 0.646. The number of halogens is 2. The molecule has 3 aromatic rings. The number of fused-ring (bicyclic) bond motifs is 1. The van der Waals surface area contributed by atoms with Crippen LogP contribution >= 0.6 is 23.2 Å². The predicted octanol–water partition coefficient (Wildman–Crippen LogP) is 3.92. The van der Waals surface area contributed by atoms with Gasteiger partial charge >= 0.3 is 0 Å². The van der Waals surface area contributed by atoms with Gasteiger partial charge in [-0.1, -0.05) is 35.3 Å². The third-order valence-corrected chi connectivity index (χ3v) is 5.50. The molecule has 0 unspecified atom stereocenters. The highest BCUT2D eigenvalue weighted by Gasteiger charge is 2.27. The smallest absolute Gasteiger partial charge is 0.272 e. The molecule has 6 nitrogen and oxygen atoms in total. The highest BCUT2D eigenvalue weighted by atomic mass is 35.5. The number of para-hydroxylation sites is 2. The summed E-state index contributed by atoms with van der Waals surface area (Å²) in [6, 6.07) is 9.55. The Bertz CT molecular complexity index is 1040. The Balaban J connectivity index is 1.57. The van der Waals surface area contributed by atoms with Crippen molar-refractivity contribution in [3.8, 4) is 5.75 Å². The third kappa shape index (κ3) is 3.27. The number of imidazole rings is 1. The average Bonchev–Trinajstić information content (AvgIpc) is 3.03. The van der Waals surface area contributed by atoms with Gasteiger partial charge in [0.15, 0.2) is 5.65 Å². The van der Waals surface area contributed by atoms with Crippen molar-refractivity contribution >= 4 is 40.4 Å². The van der Waals surface area contributed by atoms with Gasteiger partial charge in [-0.2, -0.15) is 0 Å². The summed E-state index contributed by atoms with van der Waals surface area (Å²) in [7, 11) is 1.67. The second-order valence-electron chi connectivity index (χ2n) is 6.70. The van der Waals surface area contributed by atoms with Crippen molar-refractivity contribution < 1.29 is 9.53 Å². The Morgan fingerprint density at radius 3 is 2.57 bits per heavy atom. The molecule has 2 aromatic heterocycles. The molecule has 3 heterocycles. The number of carbonyl (C=O) groups is 1. The largest absolute Gasteiger partial charge is 0.495 e. The van der Waals surface area contributed by atoms with E-state index in [2.05, 4.69) is 9.88 Å². The van der Waals surface area contributed by atoms with E-state index < -0.39 is 0 Å². The number of piperazine rings is 1. The van der Waals surface area contributed by atoms with Crippen molar-refractivity contribution in [2.24, 2.45) is 0 Å². The zero-order chi connectivity index (χ0) is 19.8. The summed E-state index contributed by atoms with van der Waals surface area (Å²) in [5, 5.41) is 0.889. The van der Waals surface area contributed by atoms with Crippen LogP contribution in [0.3, 0.4) is 0 Å². The van der Waals surface area contributed by atoms with Crippen LogP contribution in [0.4, 0.5) is 5.69 Å². The van der Waals surface area contributed by atoms with Crippen molar-refractivity contribution in [2.75, 3.05) is 38.2 Å². The molecule has 1 aromatic carbocycles. The molecule has 0 aliphatic carbocycles. The molecule has 1 aliphatic heterocycles. The van der Waals surface area contributed by atoms with Gasteiger partial charge in [-0.25, -0.2) is 4.98 Å². The van der Waals surface area contributed by atoms with Crippen LogP contribution in [0.2, 0.25) is 10.0 Å². The minimum atomic E-state index is -0.0667. The van der Waals surface area contributed by atoms with Gasteiger partial charge in [0, 0.05) is 32.4 Å². The molecule has 1 aliphatic rings. The Labute approximate surface area is 173 Å². The average molecular weight is 419 g/mol. The number of aryl methyl sites for hydroxylation is 1. The Morgan fingerprint density at radius 2 is 1.86 bits per heavy atom. The second kappa shape index (κ2) is 7.53. The number of aromatic nitrogens is 2. The monoisotopic (exact) mass is 418 g/mol. The molecule has 0 atom stereocenters. The van der Waals surface area contributed by atoms with Crippen LogP contribution in [-0.2, 0) is 0 Å². The van der Waals surface area contributed by atoms with Gasteiger partial charge in [0.2, 0.25) is 0 Å². The number of nitrogens with zero attached hydrogens (tertiary/aromatic N) is 4. The number of carbonyl (C=O) groups excluding carboxylic acids is 1. The van der Waals surface area contributed by atoms with Gasteiger partial charge in [-0.15, -0.1) is 0 Å². The summed E-state index contributed by atoms with van der Waals surface area (Å²) in [6.45, 7) is 4.48. The van der Waals surface area contributed by atoms with Gasteiger partial charge < -0.3 is 14.5 Å². The maximum Gasteiger partial charge on any atom is 0.272 e. The lowest BCUT2D eigenvalue weighted by Crippen LogP contribution is -2.49. The molecule has 1 fully saturated rings. The molecular formula is C20H20Cl2N4O2. The van der Waals surface area contributed by atoms with E-state index in [4.69, 9.17) is 27.9 Å². The van der Waals surface area contributed by atoms with Gasteiger partial charge in [0.05, 0.1) is 28.5 Å². The normalized spacial score (nSPS) is 14.6. The topological polar surface area (TPSA) is 50.1 Å². The molecule has 146 valence electrons. The molecule has 0 bridgehead atoms. The summed E-state index contributed by atoms with van der Waals surface area (Å²) in [5.41, 5.74) is 2.73. The highest BCUT2D eigenvalue weighted by molar-refractivity contribution is 6.36. The minimum Gasteiger partial charge on any atom is -0.495 e. The Kier molecular flexibility index (Phi) is 5.08. The van der Waals surface area contributed by atoms with E-state index in [9.17, 15) is 4.79 Å². The number of benzene rings is 1. The SMILES string of the molecule is COc1ccccc1N1CCN(C(=O)c2c(C)nc3c(Cl)cc(Cl)cn23)CC1. The molecule has 0 saturated carbocycles. The fourth-order valence-corrected chi connectivity index (χ4v) is 4.15. The first-order valence-electron chi connectivity index (χ1n) is 9.00. The van der Waals surface area contributed by atoms with Gasteiger partial charge in [-0.05, 0) is 25.1 Å². The standard InChI is InChI=1S/C20H20Cl2N4O2/c1-13-18(26-12-14(21)11-15(22)19(26)23-13)20(27)25-9-7-24(8-10-25)16-5-3-4-6-17(16)28-2/h3-6,11-12H,7-10H2,1-2H3. The minimum absolute atomic E-state index is 0.0667. The van der Waals surface area contributed by atoms with E-state index >= 15 is 0 Å². The lowest BCUT2D eigenvalue weighted by Gasteiger charge is -2.36. The van der Waals surface area contributed by atoms with Crippen molar-refractivity contribution in [1.82, 2.24) is 14.3 Å². The number of methoxy groups -OCH3 is 1. The molecule has 1 amide bonds. The summed E-state index contributed by atoms with van der Waals surface area (Å²) in [5.74, 6) is 0.771. The van der Waals surface area contributed by atoms with Crippen LogP contribution in [0.1, 0.15) is 16.2 Å². The van der Waals surface area contributed by atoms with Gasteiger partial charge in [0.1, 0.15) is 11.4 Å². The molecule has 28 heavy (non-hydrogen) atoms. The molecule has 0 spiro atoms. The van der Waals surface area contributed by atoms with Crippen LogP contribution in [0.25, 0.3) is 5.65 Å². The van der Waals surface area contributed by atoms with Crippen molar-refractivity contribution in [3.05, 3.63) is 58.0 Å². The summed E-state index contributed by atoms with van der Waals surface area (Å²) in [4.78, 5) is 21.8. The Morgan fingerprint density at radius 1 is 1.14 bits per heavy atom. The zero-order valence-corrected chi connectivity index (χ0v) is 17.2. The molecular weight excluding hydrogens is 399 g/mol. The van der Waals surface area contributed by atoms with Gasteiger partial charge in [-0.3, -0.25) is 9.20 Å². The summed E-state index contributed by atoms with van der Waals surface area (Å²) in [6.07, 6.45) is 1.68. The lowest BCUT2D eigenvalue weighted by molar-refractivity contribution is 0.0739. The van der Waals surface area contributed by atoms with Crippen molar-refractivity contribution in [1.29, 1.82) is 0 Å². The lowest BCUT2D eigenvalue weighted by atomic mass is 10.2. The van der Waals surface area contributed by atoms with Crippen LogP contribution in [0.5, 0.6) is 5.75 Å². The van der Waals surface area contributed by atoms with E-state index in [1.165, 1.54) is 0 Å². The van der Waals surface area contributed by atoms with E-state index in [-0.39, 0.29) is 5.91 Å². The number of hydrogen-bond acceptors (Lipinski definition) is 4. The highest BCUT2D eigenvalue weighted by Crippen LogP contribution is 2.29. The molecule has 1 saturated heterocycles. The number of amides is 1. The van der Waals surface area contributed by atoms with E-state index in [0.717, 1.165) is 24.5 Å². The number of pyridine rings is 1. The number of ether oxygens (including phenoxy) is 1. The number of hydrogen-bond donors (Lipinski definition) is 0. The molecule has 4 rings (SSSR count). The number of rotatable bonds is 3. The first kappa shape index (κ1) is 18.9. The maximum atomic E-state index is 13.2. The first-order valence-corrected chi connectivity index (χ1v) is 9.76. The Hall–Kier alpha value is -2.44. The van der Waals surface area contributed by atoms with Crippen molar-refractivity contribution in [3.63, 3.8) is 0 Å². The van der Waals surface area contributed by atoms with Crippen LogP contribution in [-0.4, -0.2) is 53.5 Å². The first-order chi connectivity index (χ1) is 13.5. The summed E-state index contributed by atoms with van der Waals surface area (Å²) < 4.78 is 7.15. The van der Waals surface area contributed by atoms with E-state index in [0.29, 0.717) is 40.2 Å². The fourth-order valence-electron chi connectivity index (χ4n) is 3.64. The number of anilines is 1. The van der Waals surface area contributed by atoms with E-state index in [1.54, 1.807) is 23.8 Å². The zero-order valence-electron chi connectivity index (χ0n) is 15.7. The second-order valence-corrected chi connectivity index (χ2v) is 7.54. The molecule has 8 heteroatoms. The summed E-state index contributed by atoms with van der Waals surface area (Å²) >= 11 is 12.4. The predicted molar refractivity (Wildman–Crippen MR) is 111 cm³/mol. The van der Waals surface area contributed by atoms with Crippen LogP contribution in [0, 0.1) is 6.92 Å². The molecule has 0 radical (unpaired) electrons.